The Morgan fingerprint density at radius 2 is 1.74 bits per heavy atom. The van der Waals surface area contributed by atoms with Crippen LogP contribution in [0.3, 0.4) is 0 Å². The van der Waals surface area contributed by atoms with Crippen molar-refractivity contribution in [2.75, 3.05) is 12.3 Å². The number of hydrogen-bond donors (Lipinski definition) is 3. The van der Waals surface area contributed by atoms with E-state index in [0.29, 0.717) is 17.1 Å². The minimum atomic E-state index is -4.73. The number of rotatable bonds is 10. The molecule has 0 rings (SSSR count). The summed E-state index contributed by atoms with van der Waals surface area (Å²) in [5.41, 5.74) is 0. The summed E-state index contributed by atoms with van der Waals surface area (Å²) >= 11 is 0. The molecule has 9 heteroatoms. The molecule has 0 aromatic carbocycles. The Morgan fingerprint density at radius 1 is 1.16 bits per heavy atom. The van der Waals surface area contributed by atoms with Crippen LogP contribution in [-0.4, -0.2) is 48.8 Å². The first-order valence-corrected chi connectivity index (χ1v) is 9.82. The smallest absolute Gasteiger partial charge is 0.376 e. The molecule has 0 saturated carbocycles. The first-order chi connectivity index (χ1) is 8.58. The second-order valence-corrected chi connectivity index (χ2v) is 8.25. The molecule has 0 aliphatic carbocycles. The second kappa shape index (κ2) is 8.30. The minimum Gasteiger partial charge on any atom is -0.376 e. The quantitative estimate of drug-likeness (QED) is 0.300. The molecule has 19 heavy (non-hydrogen) atoms. The minimum absolute atomic E-state index is 0.137. The van der Waals surface area contributed by atoms with Crippen LogP contribution in [0.2, 0.25) is 0 Å². The Hall–Kier alpha value is -0.0331. The van der Waals surface area contributed by atoms with Gasteiger partial charge < -0.3 is 14.4 Å². The van der Waals surface area contributed by atoms with Gasteiger partial charge in [0.05, 0.1) is 5.75 Å². The van der Waals surface area contributed by atoms with Gasteiger partial charge in [-0.1, -0.05) is 40.0 Å². The predicted octanol–water partition coefficient (Wildman–Crippen LogP) is 0.199. The zero-order valence-electron chi connectivity index (χ0n) is 11.7. The van der Waals surface area contributed by atoms with Gasteiger partial charge in [-0.05, 0) is 12.3 Å². The van der Waals surface area contributed by atoms with Gasteiger partial charge in [0.25, 0.3) is 10.1 Å². The van der Waals surface area contributed by atoms with Crippen LogP contribution in [0.5, 0.6) is 0 Å². The fourth-order valence-electron chi connectivity index (χ4n) is 1.50. The Morgan fingerprint density at radius 3 is 2.16 bits per heavy atom. The van der Waals surface area contributed by atoms with Crippen molar-refractivity contribution in [2.45, 2.75) is 46.5 Å². The van der Waals surface area contributed by atoms with E-state index < -0.39 is 19.1 Å². The van der Waals surface area contributed by atoms with Gasteiger partial charge in [0.15, 0.2) is 0 Å². The maximum atomic E-state index is 11.6. The second-order valence-electron chi connectivity index (χ2n) is 4.87. The highest BCUT2D eigenvalue weighted by atomic mass is 32.2. The van der Waals surface area contributed by atoms with Gasteiger partial charge in [0.1, 0.15) is 0 Å². The molecule has 0 radical (unpaired) electrons. The van der Waals surface area contributed by atoms with Gasteiger partial charge in [-0.15, -0.1) is 4.73 Å². The molecular formula is C10H25NO6SSi. The van der Waals surface area contributed by atoms with Crippen molar-refractivity contribution >= 4 is 19.1 Å². The van der Waals surface area contributed by atoms with Crippen molar-refractivity contribution in [2.24, 2.45) is 5.92 Å². The van der Waals surface area contributed by atoms with E-state index in [4.69, 9.17) is 14.4 Å². The van der Waals surface area contributed by atoms with Gasteiger partial charge in [-0.25, -0.2) is 0 Å². The van der Waals surface area contributed by atoms with Crippen LogP contribution < -0.4 is 0 Å². The third kappa shape index (κ3) is 9.49. The Bertz CT molecular complexity index is 340. The van der Waals surface area contributed by atoms with Crippen molar-refractivity contribution in [3.05, 3.63) is 0 Å². The zero-order valence-corrected chi connectivity index (χ0v) is 13.6. The molecule has 7 nitrogen and oxygen atoms in total. The number of nitrogens with zero attached hydrogens (tertiary/aromatic N) is 1. The normalized spacial score (nSPS) is 13.5. The van der Waals surface area contributed by atoms with E-state index in [1.807, 2.05) is 0 Å². The molecule has 0 aliphatic rings. The van der Waals surface area contributed by atoms with E-state index >= 15 is 0 Å². The van der Waals surface area contributed by atoms with E-state index in [1.165, 1.54) is 6.92 Å². The standard InChI is InChI=1S/C10H25NO6SSi/c1-4-11(19(14,15)16)17-18(12,13)9-7-5-6-8-10(2)3/h10,14-16H,4-9H2,1-3H3. The van der Waals surface area contributed by atoms with Crippen LogP contribution in [0.25, 0.3) is 0 Å². The zero-order chi connectivity index (χ0) is 15.1. The topological polar surface area (TPSA) is 107 Å². The van der Waals surface area contributed by atoms with Crippen molar-refractivity contribution in [3.63, 3.8) is 0 Å². The number of hydroxylamine groups is 1. The molecule has 0 aromatic heterocycles. The van der Waals surface area contributed by atoms with Crippen LogP contribution in [-0.2, 0) is 14.4 Å². The summed E-state index contributed by atoms with van der Waals surface area (Å²) in [6.45, 7) is 5.52. The van der Waals surface area contributed by atoms with Crippen molar-refractivity contribution < 1.29 is 27.1 Å². The highest BCUT2D eigenvalue weighted by Gasteiger charge is 2.40. The third-order valence-electron chi connectivity index (χ3n) is 2.50. The molecule has 0 spiro atoms. The van der Waals surface area contributed by atoms with Crippen LogP contribution in [0, 0.1) is 5.92 Å². The van der Waals surface area contributed by atoms with E-state index in [-0.39, 0.29) is 12.3 Å². The highest BCUT2D eigenvalue weighted by molar-refractivity contribution is 7.86. The highest BCUT2D eigenvalue weighted by Crippen LogP contribution is 2.11. The fraction of sp³-hybridized carbons (Fsp3) is 1.00. The van der Waals surface area contributed by atoms with Crippen molar-refractivity contribution in [1.29, 1.82) is 0 Å². The molecule has 0 aromatic rings. The van der Waals surface area contributed by atoms with Crippen molar-refractivity contribution in [3.8, 4) is 0 Å². The lowest BCUT2D eigenvalue weighted by atomic mass is 10.1. The molecule has 0 bridgehead atoms. The Labute approximate surface area is 116 Å². The predicted molar refractivity (Wildman–Crippen MR) is 73.0 cm³/mol. The van der Waals surface area contributed by atoms with Gasteiger partial charge in [0, 0.05) is 6.54 Å². The van der Waals surface area contributed by atoms with Crippen LogP contribution in [0.15, 0.2) is 0 Å². The van der Waals surface area contributed by atoms with Gasteiger partial charge in [0.2, 0.25) is 0 Å². The lowest BCUT2D eigenvalue weighted by Gasteiger charge is -2.23. The summed E-state index contributed by atoms with van der Waals surface area (Å²) in [6.07, 6.45) is 3.21. The molecule has 3 N–H and O–H groups in total. The van der Waals surface area contributed by atoms with Crippen molar-refractivity contribution in [1.82, 2.24) is 4.73 Å². The average molecular weight is 315 g/mol. The Balaban J connectivity index is 4.11. The molecule has 0 unspecified atom stereocenters. The summed E-state index contributed by atoms with van der Waals surface area (Å²) in [5.74, 6) is 0.389. The largest absolute Gasteiger partial charge is 0.616 e. The van der Waals surface area contributed by atoms with E-state index in [2.05, 4.69) is 18.1 Å². The Kier molecular flexibility index (Phi) is 8.28. The fourth-order valence-corrected chi connectivity index (χ4v) is 3.67. The van der Waals surface area contributed by atoms with Gasteiger partial charge in [-0.3, -0.25) is 0 Å². The molecule has 116 valence electrons. The maximum absolute atomic E-state index is 11.6. The SMILES string of the molecule is CCN(OS(=O)(=O)CCCCCC(C)C)[Si](O)(O)O. The van der Waals surface area contributed by atoms with Crippen LogP contribution >= 0.6 is 0 Å². The van der Waals surface area contributed by atoms with E-state index in [9.17, 15) is 8.42 Å². The van der Waals surface area contributed by atoms with Crippen LogP contribution in [0.1, 0.15) is 46.5 Å². The summed E-state index contributed by atoms with van der Waals surface area (Å²) < 4.78 is 28.0. The van der Waals surface area contributed by atoms with Gasteiger partial charge >= 0.3 is 8.97 Å². The molecule has 0 heterocycles. The molecular weight excluding hydrogens is 290 g/mol. The van der Waals surface area contributed by atoms with Crippen LogP contribution in [0.4, 0.5) is 0 Å². The summed E-state index contributed by atoms with van der Waals surface area (Å²) in [5, 5.41) is 0. The third-order valence-corrected chi connectivity index (χ3v) is 4.91. The number of unbranched alkanes of at least 4 members (excludes halogenated alkanes) is 2. The average Bonchev–Trinajstić information content (AvgIpc) is 2.23. The maximum Gasteiger partial charge on any atom is 0.616 e. The molecule has 0 saturated heterocycles. The van der Waals surface area contributed by atoms with E-state index in [0.717, 1.165) is 19.3 Å². The lowest BCUT2D eigenvalue weighted by Crippen LogP contribution is -2.55. The molecule has 0 fully saturated rings. The molecule has 0 atom stereocenters. The summed E-state index contributed by atoms with van der Waals surface area (Å²) in [7, 11) is -8.63. The summed E-state index contributed by atoms with van der Waals surface area (Å²) in [4.78, 5) is 27.0. The monoisotopic (exact) mass is 315 g/mol. The summed E-state index contributed by atoms with van der Waals surface area (Å²) in [6, 6.07) is 0. The first-order valence-electron chi connectivity index (χ1n) is 6.45. The number of hydrogen-bond acceptors (Lipinski definition) is 7. The molecule has 0 amide bonds. The first kappa shape index (κ1) is 19.0. The van der Waals surface area contributed by atoms with E-state index in [1.54, 1.807) is 0 Å². The molecule has 0 aliphatic heterocycles. The van der Waals surface area contributed by atoms with Gasteiger partial charge in [-0.2, -0.15) is 12.7 Å². The lowest BCUT2D eigenvalue weighted by molar-refractivity contribution is -0.0452.